The number of hydrogen-bond acceptors (Lipinski definition) is 2. The molecule has 0 saturated carbocycles. The van der Waals surface area contributed by atoms with Crippen LogP contribution >= 0.6 is 23.2 Å². The summed E-state index contributed by atoms with van der Waals surface area (Å²) in [6, 6.07) is 12.6. The van der Waals surface area contributed by atoms with Crippen LogP contribution in [0.5, 0.6) is 0 Å². The summed E-state index contributed by atoms with van der Waals surface area (Å²) >= 11 is 12.2. The Balaban J connectivity index is 2.06. The Hall–Kier alpha value is -1.77. The van der Waals surface area contributed by atoms with Crippen LogP contribution in [0.15, 0.2) is 48.2 Å². The maximum Gasteiger partial charge on any atom is 0.211 e. The molecule has 0 bridgehead atoms. The molecule has 0 radical (unpaired) electrons. The highest BCUT2D eigenvalue weighted by atomic mass is 35.5. The van der Waals surface area contributed by atoms with Crippen LogP contribution in [0.25, 0.3) is 6.08 Å². The van der Waals surface area contributed by atoms with E-state index in [9.17, 15) is 4.79 Å². The molecule has 0 spiro atoms. The maximum atomic E-state index is 12.2. The predicted octanol–water partition coefficient (Wildman–Crippen LogP) is 4.64. The van der Waals surface area contributed by atoms with E-state index < -0.39 is 0 Å². The number of rotatable bonds is 1. The molecule has 0 amide bonds. The zero-order valence-corrected chi connectivity index (χ0v) is 11.3. The lowest BCUT2D eigenvalue weighted by Gasteiger charge is -2.03. The summed E-state index contributed by atoms with van der Waals surface area (Å²) in [6.07, 6.45) is 1.69. The van der Waals surface area contributed by atoms with Gasteiger partial charge in [0.1, 0.15) is 0 Å². The molecule has 0 aliphatic carbocycles. The lowest BCUT2D eigenvalue weighted by molar-refractivity contribution is 0.104. The molecule has 1 aliphatic rings. The van der Waals surface area contributed by atoms with E-state index in [1.807, 2.05) is 18.2 Å². The molecule has 3 rings (SSSR count). The van der Waals surface area contributed by atoms with Gasteiger partial charge in [-0.1, -0.05) is 41.4 Å². The molecule has 1 heterocycles. The lowest BCUT2D eigenvalue weighted by Crippen LogP contribution is -2.00. The molecule has 94 valence electrons. The Morgan fingerprint density at radius 3 is 2.32 bits per heavy atom. The molecule has 0 saturated heterocycles. The van der Waals surface area contributed by atoms with Crippen LogP contribution < -0.4 is 5.32 Å². The van der Waals surface area contributed by atoms with Gasteiger partial charge < -0.3 is 5.32 Å². The minimum atomic E-state index is -0.0495. The van der Waals surface area contributed by atoms with Crippen molar-refractivity contribution in [2.24, 2.45) is 0 Å². The minimum Gasteiger partial charge on any atom is -0.352 e. The lowest BCUT2D eigenvalue weighted by atomic mass is 10.1. The number of carbonyl (C=O) groups excluding carboxylic acids is 1. The highest BCUT2D eigenvalue weighted by Crippen LogP contribution is 2.32. The van der Waals surface area contributed by atoms with Gasteiger partial charge in [0, 0.05) is 26.9 Å². The Morgan fingerprint density at radius 2 is 1.63 bits per heavy atom. The van der Waals surface area contributed by atoms with E-state index >= 15 is 0 Å². The summed E-state index contributed by atoms with van der Waals surface area (Å²) in [6.45, 7) is 0. The van der Waals surface area contributed by atoms with Crippen molar-refractivity contribution in [3.05, 3.63) is 69.3 Å². The monoisotopic (exact) mass is 289 g/mol. The molecule has 0 atom stereocenters. The number of fused-ring (bicyclic) bond motifs is 1. The molecule has 19 heavy (non-hydrogen) atoms. The van der Waals surface area contributed by atoms with Crippen LogP contribution in [0.3, 0.4) is 0 Å². The first kappa shape index (κ1) is 12.3. The quantitative estimate of drug-likeness (QED) is 0.775. The van der Waals surface area contributed by atoms with Crippen molar-refractivity contribution in [2.45, 2.75) is 0 Å². The second-order valence-electron chi connectivity index (χ2n) is 4.19. The Labute approximate surface area is 120 Å². The highest BCUT2D eigenvalue weighted by Gasteiger charge is 2.24. The summed E-state index contributed by atoms with van der Waals surface area (Å²) in [5, 5.41) is 4.12. The molecule has 1 N–H and O–H groups in total. The van der Waals surface area contributed by atoms with Crippen molar-refractivity contribution in [3.63, 3.8) is 0 Å². The molecule has 4 heteroatoms. The first-order valence-electron chi connectivity index (χ1n) is 5.73. The van der Waals surface area contributed by atoms with Gasteiger partial charge in [-0.05, 0) is 30.3 Å². The van der Waals surface area contributed by atoms with Crippen molar-refractivity contribution < 1.29 is 4.79 Å². The minimum absolute atomic E-state index is 0.0495. The van der Waals surface area contributed by atoms with E-state index in [1.165, 1.54) is 0 Å². The topological polar surface area (TPSA) is 29.1 Å². The van der Waals surface area contributed by atoms with Crippen LogP contribution in [0.2, 0.25) is 10.0 Å². The first-order chi connectivity index (χ1) is 9.16. The Morgan fingerprint density at radius 1 is 0.947 bits per heavy atom. The number of para-hydroxylation sites is 1. The third kappa shape index (κ3) is 2.14. The van der Waals surface area contributed by atoms with Gasteiger partial charge in [-0.25, -0.2) is 0 Å². The number of Topliss-reactive ketones (excluding diaryl/α,β-unsaturated/α-hetero) is 1. The van der Waals surface area contributed by atoms with E-state index in [0.29, 0.717) is 26.9 Å². The normalized spacial score (nSPS) is 15.5. The fourth-order valence-corrected chi connectivity index (χ4v) is 2.54. The molecule has 2 aromatic carbocycles. The van der Waals surface area contributed by atoms with Gasteiger partial charge in [0.25, 0.3) is 0 Å². The van der Waals surface area contributed by atoms with E-state index in [1.54, 1.807) is 30.3 Å². The molecule has 0 unspecified atom stereocenters. The molecule has 1 aliphatic heterocycles. The number of allylic oxidation sites excluding steroid dienone is 1. The Bertz CT molecular complexity index is 687. The number of benzene rings is 2. The van der Waals surface area contributed by atoms with Gasteiger partial charge in [-0.15, -0.1) is 0 Å². The summed E-state index contributed by atoms with van der Waals surface area (Å²) < 4.78 is 0. The van der Waals surface area contributed by atoms with Gasteiger partial charge in [0.15, 0.2) is 0 Å². The number of ketones is 1. The van der Waals surface area contributed by atoms with E-state index in [4.69, 9.17) is 23.2 Å². The first-order valence-corrected chi connectivity index (χ1v) is 6.49. The highest BCUT2D eigenvalue weighted by molar-refractivity contribution is 6.37. The van der Waals surface area contributed by atoms with Gasteiger partial charge in [0.05, 0.1) is 5.70 Å². The van der Waals surface area contributed by atoms with Crippen LogP contribution in [0.4, 0.5) is 5.69 Å². The molecule has 0 aromatic heterocycles. The zero-order chi connectivity index (χ0) is 13.4. The standard InChI is InChI=1S/C15H9Cl2NO/c16-11-5-3-6-12(17)10(11)8-14-15(19)9-4-1-2-7-13(9)18-14/h1-8,18H/b14-8-. The third-order valence-electron chi connectivity index (χ3n) is 2.97. The zero-order valence-electron chi connectivity index (χ0n) is 9.78. The molecule has 2 nitrogen and oxygen atoms in total. The van der Waals surface area contributed by atoms with Gasteiger partial charge in [-0.2, -0.15) is 0 Å². The van der Waals surface area contributed by atoms with Gasteiger partial charge in [-0.3, -0.25) is 4.79 Å². The van der Waals surface area contributed by atoms with Crippen LogP contribution in [0.1, 0.15) is 15.9 Å². The van der Waals surface area contributed by atoms with Crippen LogP contribution in [-0.2, 0) is 0 Å². The fourth-order valence-electron chi connectivity index (χ4n) is 2.03. The average Bonchev–Trinajstić information content (AvgIpc) is 2.72. The summed E-state index contributed by atoms with van der Waals surface area (Å²) in [7, 11) is 0. The summed E-state index contributed by atoms with van der Waals surface area (Å²) in [4.78, 5) is 12.2. The summed E-state index contributed by atoms with van der Waals surface area (Å²) in [5.41, 5.74) is 2.60. The number of nitrogens with one attached hydrogen (secondary N) is 1. The number of halogens is 2. The number of hydrogen-bond donors (Lipinski definition) is 1. The molecule has 0 fully saturated rings. The van der Waals surface area contributed by atoms with E-state index in [0.717, 1.165) is 5.69 Å². The van der Waals surface area contributed by atoms with E-state index in [-0.39, 0.29) is 5.78 Å². The molecular formula is C15H9Cl2NO. The third-order valence-corrected chi connectivity index (χ3v) is 3.63. The SMILES string of the molecule is O=C1/C(=C/c2c(Cl)cccc2Cl)Nc2ccccc21. The van der Waals surface area contributed by atoms with Crippen molar-refractivity contribution in [3.8, 4) is 0 Å². The van der Waals surface area contributed by atoms with Crippen LogP contribution in [-0.4, -0.2) is 5.78 Å². The van der Waals surface area contributed by atoms with Crippen molar-refractivity contribution in [1.82, 2.24) is 0 Å². The average molecular weight is 290 g/mol. The Kier molecular flexibility index (Phi) is 3.05. The van der Waals surface area contributed by atoms with Gasteiger partial charge >= 0.3 is 0 Å². The van der Waals surface area contributed by atoms with Crippen LogP contribution in [0, 0.1) is 0 Å². The van der Waals surface area contributed by atoms with Crippen molar-refractivity contribution >= 4 is 40.7 Å². The molecule has 2 aromatic rings. The second-order valence-corrected chi connectivity index (χ2v) is 5.01. The van der Waals surface area contributed by atoms with Gasteiger partial charge in [0.2, 0.25) is 5.78 Å². The smallest absolute Gasteiger partial charge is 0.211 e. The van der Waals surface area contributed by atoms with Crippen molar-refractivity contribution in [1.29, 1.82) is 0 Å². The van der Waals surface area contributed by atoms with Crippen molar-refractivity contribution in [2.75, 3.05) is 5.32 Å². The predicted molar refractivity (Wildman–Crippen MR) is 78.8 cm³/mol. The fraction of sp³-hybridized carbons (Fsp3) is 0. The van der Waals surface area contributed by atoms with E-state index in [2.05, 4.69) is 5.32 Å². The largest absolute Gasteiger partial charge is 0.352 e. The number of carbonyl (C=O) groups is 1. The molecular weight excluding hydrogens is 281 g/mol. The maximum absolute atomic E-state index is 12.2. The second kappa shape index (κ2) is 4.72. The summed E-state index contributed by atoms with van der Waals surface area (Å²) in [5.74, 6) is -0.0495. The number of anilines is 1.